The first-order chi connectivity index (χ1) is 12.1. The second-order valence-electron chi connectivity index (χ2n) is 4.51. The Hall–Kier alpha value is -1.83. The SMILES string of the molecule is CCOC(=O)C/C(C)=N/N=C(/N)[S-].CCOC(=O)C/C(C)=N/N=C(/N)[S-].[Co+2]. The Bertz CT molecular complexity index is 524. The van der Waals surface area contributed by atoms with Crippen LogP contribution in [0.3, 0.4) is 0 Å². The Labute approximate surface area is 180 Å². The van der Waals surface area contributed by atoms with Gasteiger partial charge in [-0.05, 0) is 38.0 Å². The van der Waals surface area contributed by atoms with E-state index in [1.807, 2.05) is 0 Å². The number of hydrogen-bond donors (Lipinski definition) is 2. The van der Waals surface area contributed by atoms with E-state index < -0.39 is 0 Å². The molecule has 0 fully saturated rings. The van der Waals surface area contributed by atoms with E-state index in [4.69, 9.17) is 20.9 Å². The average molecular weight is 463 g/mol. The van der Waals surface area contributed by atoms with E-state index in [0.717, 1.165) is 0 Å². The van der Waals surface area contributed by atoms with Gasteiger partial charge in [0, 0.05) is 11.4 Å². The van der Waals surface area contributed by atoms with Gasteiger partial charge in [0.1, 0.15) is 0 Å². The fourth-order valence-corrected chi connectivity index (χ4v) is 1.26. The number of ether oxygens (including phenoxy) is 2. The summed E-state index contributed by atoms with van der Waals surface area (Å²) in [5.74, 6) is -0.663. The van der Waals surface area contributed by atoms with Crippen molar-refractivity contribution in [3.8, 4) is 0 Å². The van der Waals surface area contributed by atoms with Crippen LogP contribution in [0.2, 0.25) is 0 Å². The van der Waals surface area contributed by atoms with Crippen molar-refractivity contribution >= 4 is 59.0 Å². The second kappa shape index (κ2) is 18.9. The molecule has 0 rings (SSSR count). The number of carbonyl (C=O) groups excluding carboxylic acids is 2. The standard InChI is InChI=1S/2C7H13N3O2S.Co/c2*1-3-12-6(11)4-5(2)9-10-7(8)13;/h2*3-4H2,1-2H3,(H3,8,10,13);/q;;+2/p-2/b2*9-5+;. The number of carbonyl (C=O) groups is 2. The summed E-state index contributed by atoms with van der Waals surface area (Å²) in [6, 6.07) is 0. The molecule has 27 heavy (non-hydrogen) atoms. The van der Waals surface area contributed by atoms with Crippen LogP contribution in [0.5, 0.6) is 0 Å². The molecule has 0 amide bonds. The number of hydrogen-bond acceptors (Lipinski definition) is 10. The van der Waals surface area contributed by atoms with Gasteiger partial charge in [-0.25, -0.2) is 0 Å². The van der Waals surface area contributed by atoms with Crippen LogP contribution in [0.1, 0.15) is 40.5 Å². The van der Waals surface area contributed by atoms with E-state index in [0.29, 0.717) is 24.6 Å². The molecule has 0 aromatic rings. The van der Waals surface area contributed by atoms with E-state index in [-0.39, 0.29) is 51.9 Å². The molecule has 0 unspecified atom stereocenters. The maximum atomic E-state index is 10.9. The molecule has 0 aliphatic rings. The van der Waals surface area contributed by atoms with Crippen LogP contribution in [0.25, 0.3) is 0 Å². The predicted molar refractivity (Wildman–Crippen MR) is 107 cm³/mol. The third-order valence-electron chi connectivity index (χ3n) is 2.05. The molecule has 0 spiro atoms. The van der Waals surface area contributed by atoms with Gasteiger partial charge in [-0.1, -0.05) is 0 Å². The van der Waals surface area contributed by atoms with E-state index in [2.05, 4.69) is 45.7 Å². The van der Waals surface area contributed by atoms with Gasteiger partial charge in [0.2, 0.25) is 0 Å². The second-order valence-corrected chi connectivity index (χ2v) is 5.35. The van der Waals surface area contributed by atoms with E-state index in [9.17, 15) is 9.59 Å². The Morgan fingerprint density at radius 2 is 1.07 bits per heavy atom. The third-order valence-corrected chi connectivity index (χ3v) is 2.21. The maximum Gasteiger partial charge on any atom is 2.00 e. The molecule has 0 atom stereocenters. The first-order valence-corrected chi connectivity index (χ1v) is 8.32. The summed E-state index contributed by atoms with van der Waals surface area (Å²) in [6.45, 7) is 7.50. The smallest absolute Gasteiger partial charge is 0.741 e. The third kappa shape index (κ3) is 24.2. The summed E-state index contributed by atoms with van der Waals surface area (Å²) in [5.41, 5.74) is 11.2. The minimum Gasteiger partial charge on any atom is -0.741 e. The maximum absolute atomic E-state index is 10.9. The van der Waals surface area contributed by atoms with Gasteiger partial charge < -0.3 is 46.2 Å². The van der Waals surface area contributed by atoms with Gasteiger partial charge in [-0.3, -0.25) is 9.59 Å². The Morgan fingerprint density at radius 1 is 0.778 bits per heavy atom. The summed E-state index contributed by atoms with van der Waals surface area (Å²) in [7, 11) is 0. The first-order valence-electron chi connectivity index (χ1n) is 7.50. The molecule has 0 aliphatic heterocycles. The molecule has 10 nitrogen and oxygen atoms in total. The zero-order valence-electron chi connectivity index (χ0n) is 15.6. The molecule has 0 aromatic carbocycles. The Kier molecular flexibility index (Phi) is 21.0. The molecule has 4 N–H and O–H groups in total. The zero-order chi connectivity index (χ0) is 20.5. The van der Waals surface area contributed by atoms with E-state index >= 15 is 0 Å². The molecule has 0 bridgehead atoms. The molecule has 13 heteroatoms. The summed E-state index contributed by atoms with van der Waals surface area (Å²) >= 11 is 8.93. The fourth-order valence-electron chi connectivity index (χ4n) is 1.18. The van der Waals surface area contributed by atoms with E-state index in [1.54, 1.807) is 27.7 Å². The normalized spacial score (nSPS) is 12.3. The van der Waals surface area contributed by atoms with Gasteiger partial charge in [0.15, 0.2) is 0 Å². The van der Waals surface area contributed by atoms with Crippen LogP contribution < -0.4 is 11.5 Å². The van der Waals surface area contributed by atoms with Crippen LogP contribution >= 0.6 is 0 Å². The van der Waals surface area contributed by atoms with Crippen molar-refractivity contribution in [2.75, 3.05) is 13.2 Å². The summed E-state index contributed by atoms with van der Waals surface area (Å²) in [6.07, 6.45) is 0.222. The summed E-state index contributed by atoms with van der Waals surface area (Å²) in [5, 5.41) is 14.0. The number of amidine groups is 2. The molecule has 0 saturated carbocycles. The van der Waals surface area contributed by atoms with Crippen LogP contribution in [0, 0.1) is 0 Å². The van der Waals surface area contributed by atoms with Crippen molar-refractivity contribution in [3.63, 3.8) is 0 Å². The number of nitrogens with two attached hydrogens (primary N) is 2. The van der Waals surface area contributed by atoms with Gasteiger partial charge in [0.05, 0.1) is 26.1 Å². The minimum atomic E-state index is -0.332. The Balaban J connectivity index is -0.000000411. The summed E-state index contributed by atoms with van der Waals surface area (Å²) < 4.78 is 9.39. The first kappa shape index (κ1) is 29.9. The minimum absolute atomic E-state index is 0. The van der Waals surface area contributed by atoms with Crippen molar-refractivity contribution in [3.05, 3.63) is 0 Å². The largest absolute Gasteiger partial charge is 2.00 e. The van der Waals surface area contributed by atoms with Crippen molar-refractivity contribution < 1.29 is 35.8 Å². The van der Waals surface area contributed by atoms with Crippen LogP contribution in [-0.2, 0) is 61.1 Å². The van der Waals surface area contributed by atoms with Crippen LogP contribution in [0.15, 0.2) is 20.4 Å². The summed E-state index contributed by atoms with van der Waals surface area (Å²) in [4.78, 5) is 21.8. The van der Waals surface area contributed by atoms with Gasteiger partial charge in [-0.15, -0.1) is 0 Å². The Morgan fingerprint density at radius 3 is 1.30 bits per heavy atom. The molecule has 0 heterocycles. The molecule has 0 aromatic heterocycles. The molecule has 0 aliphatic carbocycles. The van der Waals surface area contributed by atoms with Gasteiger partial charge in [0.25, 0.3) is 0 Å². The predicted octanol–water partition coefficient (Wildman–Crippen LogP) is 0.352. The molecule has 1 radical (unpaired) electrons. The molecule has 0 saturated heterocycles. The van der Waals surface area contributed by atoms with Crippen LogP contribution in [0.4, 0.5) is 0 Å². The van der Waals surface area contributed by atoms with Crippen molar-refractivity contribution in [2.45, 2.75) is 40.5 Å². The quantitative estimate of drug-likeness (QED) is 0.172. The van der Waals surface area contributed by atoms with Crippen molar-refractivity contribution in [2.24, 2.45) is 31.9 Å². The molecule has 155 valence electrons. The molecular formula is C14H24CoN6O4S2. The van der Waals surface area contributed by atoms with Crippen molar-refractivity contribution in [1.29, 1.82) is 0 Å². The number of nitrogens with zero attached hydrogens (tertiary/aromatic N) is 4. The zero-order valence-corrected chi connectivity index (χ0v) is 18.2. The van der Waals surface area contributed by atoms with Crippen molar-refractivity contribution in [1.82, 2.24) is 0 Å². The number of esters is 2. The van der Waals surface area contributed by atoms with Gasteiger partial charge >= 0.3 is 28.7 Å². The fraction of sp³-hybridized carbons (Fsp3) is 0.571. The monoisotopic (exact) mass is 463 g/mol. The van der Waals surface area contributed by atoms with Crippen LogP contribution in [-0.4, -0.2) is 46.9 Å². The van der Waals surface area contributed by atoms with E-state index in [1.165, 1.54) is 0 Å². The topological polar surface area (TPSA) is 154 Å². The molecular weight excluding hydrogens is 439 g/mol. The average Bonchev–Trinajstić information content (AvgIpc) is 2.52. The number of rotatable bonds is 8. The van der Waals surface area contributed by atoms with Gasteiger partial charge in [-0.2, -0.15) is 20.4 Å².